The number of aryl methyl sites for hydroxylation is 1. The van der Waals surface area contributed by atoms with E-state index in [-0.39, 0.29) is 6.09 Å². The molecule has 1 fully saturated rings. The van der Waals surface area contributed by atoms with Crippen molar-refractivity contribution in [2.24, 2.45) is 0 Å². The Morgan fingerprint density at radius 1 is 1.21 bits per heavy atom. The normalized spacial score (nSPS) is 17.0. The first-order valence-corrected chi connectivity index (χ1v) is 9.71. The Morgan fingerprint density at radius 2 is 1.96 bits per heavy atom. The molecule has 0 atom stereocenters. The molecule has 0 radical (unpaired) electrons. The Kier molecular flexibility index (Phi) is 4.74. The number of carbonyl (C=O) groups is 1. The lowest BCUT2D eigenvalue weighted by atomic mass is 10.1. The molecule has 28 heavy (non-hydrogen) atoms. The molecule has 0 aliphatic carbocycles. The molecule has 1 saturated heterocycles. The van der Waals surface area contributed by atoms with E-state index in [0.717, 1.165) is 42.3 Å². The summed E-state index contributed by atoms with van der Waals surface area (Å²) in [5.74, 6) is 1.61. The van der Waals surface area contributed by atoms with E-state index in [1.165, 1.54) is 0 Å². The van der Waals surface area contributed by atoms with Gasteiger partial charge < -0.3 is 14.4 Å². The molecule has 8 heteroatoms. The van der Waals surface area contributed by atoms with Gasteiger partial charge in [-0.15, -0.1) is 0 Å². The molecule has 0 bridgehead atoms. The van der Waals surface area contributed by atoms with Crippen molar-refractivity contribution in [2.45, 2.75) is 39.7 Å². The van der Waals surface area contributed by atoms with Crippen LogP contribution in [0.25, 0.3) is 5.82 Å². The summed E-state index contributed by atoms with van der Waals surface area (Å²) in [6, 6.07) is 3.87. The largest absolute Gasteiger partial charge is 0.443 e. The molecule has 150 valence electrons. The molecule has 2 aliphatic rings. The van der Waals surface area contributed by atoms with Crippen LogP contribution in [0.15, 0.2) is 18.3 Å². The average Bonchev–Trinajstić information content (AvgIpc) is 3.26. The van der Waals surface area contributed by atoms with Crippen LogP contribution in [-0.4, -0.2) is 59.3 Å². The van der Waals surface area contributed by atoms with Gasteiger partial charge in [-0.25, -0.2) is 14.5 Å². The number of pyridine rings is 1. The summed E-state index contributed by atoms with van der Waals surface area (Å²) in [5.41, 5.74) is 2.32. The van der Waals surface area contributed by atoms with Gasteiger partial charge in [0.25, 0.3) is 0 Å². The molecule has 0 saturated carbocycles. The number of hydrogen-bond acceptors (Lipinski definition) is 6. The van der Waals surface area contributed by atoms with Crippen molar-refractivity contribution >= 4 is 17.6 Å². The highest BCUT2D eigenvalue weighted by Gasteiger charge is 2.33. The molecule has 0 unspecified atom stereocenters. The highest BCUT2D eigenvalue weighted by molar-refractivity contribution is 5.92. The minimum atomic E-state index is -0.540. The van der Waals surface area contributed by atoms with Crippen LogP contribution in [0.3, 0.4) is 0 Å². The van der Waals surface area contributed by atoms with Crippen LogP contribution in [0.5, 0.6) is 0 Å². The fourth-order valence-corrected chi connectivity index (χ4v) is 3.56. The number of amides is 1. The Bertz CT molecular complexity index is 880. The van der Waals surface area contributed by atoms with Crippen molar-refractivity contribution in [1.29, 1.82) is 0 Å². The van der Waals surface area contributed by atoms with E-state index in [0.29, 0.717) is 25.6 Å². The summed E-state index contributed by atoms with van der Waals surface area (Å²) in [7, 11) is 0. The third-order valence-electron chi connectivity index (χ3n) is 4.82. The zero-order valence-electron chi connectivity index (χ0n) is 16.9. The van der Waals surface area contributed by atoms with Gasteiger partial charge in [0.2, 0.25) is 0 Å². The van der Waals surface area contributed by atoms with Crippen molar-refractivity contribution in [1.82, 2.24) is 14.8 Å². The van der Waals surface area contributed by atoms with E-state index < -0.39 is 5.60 Å². The lowest BCUT2D eigenvalue weighted by Gasteiger charge is -2.30. The molecule has 1 amide bonds. The quantitative estimate of drug-likeness (QED) is 0.791. The molecule has 0 spiro atoms. The van der Waals surface area contributed by atoms with Gasteiger partial charge in [0.05, 0.1) is 24.6 Å². The van der Waals surface area contributed by atoms with Gasteiger partial charge >= 0.3 is 6.09 Å². The van der Waals surface area contributed by atoms with Crippen molar-refractivity contribution in [3.63, 3.8) is 0 Å². The number of hydrogen-bond donors (Lipinski definition) is 0. The fraction of sp³-hybridized carbons (Fsp3) is 0.550. The average molecular weight is 385 g/mol. The zero-order valence-corrected chi connectivity index (χ0v) is 16.9. The minimum absolute atomic E-state index is 0.326. The molecule has 2 aromatic rings. The summed E-state index contributed by atoms with van der Waals surface area (Å²) < 4.78 is 12.9. The molecule has 2 aliphatic heterocycles. The molecule has 4 rings (SSSR count). The van der Waals surface area contributed by atoms with E-state index in [1.807, 2.05) is 46.0 Å². The van der Waals surface area contributed by atoms with Gasteiger partial charge in [-0.3, -0.25) is 4.90 Å². The van der Waals surface area contributed by atoms with Crippen LogP contribution in [0.1, 0.15) is 32.0 Å². The monoisotopic (exact) mass is 385 g/mol. The fourth-order valence-electron chi connectivity index (χ4n) is 3.56. The van der Waals surface area contributed by atoms with E-state index in [1.54, 1.807) is 9.58 Å². The zero-order chi connectivity index (χ0) is 19.9. The number of aromatic nitrogens is 3. The van der Waals surface area contributed by atoms with E-state index >= 15 is 0 Å². The second kappa shape index (κ2) is 7.09. The third kappa shape index (κ3) is 3.69. The molecular weight excluding hydrogens is 358 g/mol. The smallest absolute Gasteiger partial charge is 0.414 e. The molecule has 4 heterocycles. The summed E-state index contributed by atoms with van der Waals surface area (Å²) >= 11 is 0. The summed E-state index contributed by atoms with van der Waals surface area (Å²) in [6.07, 6.45) is 2.32. The number of rotatable bonds is 2. The van der Waals surface area contributed by atoms with Crippen LogP contribution in [0.2, 0.25) is 0 Å². The number of anilines is 2. The Balaban J connectivity index is 1.77. The summed E-state index contributed by atoms with van der Waals surface area (Å²) in [6.45, 7) is 11.1. The lowest BCUT2D eigenvalue weighted by molar-refractivity contribution is 0.0584. The Hall–Kier alpha value is -2.61. The molecule has 0 aromatic carbocycles. The van der Waals surface area contributed by atoms with Crippen molar-refractivity contribution in [2.75, 3.05) is 42.6 Å². The van der Waals surface area contributed by atoms with E-state index in [2.05, 4.69) is 10.00 Å². The topological polar surface area (TPSA) is 72.7 Å². The maximum Gasteiger partial charge on any atom is 0.414 e. The van der Waals surface area contributed by atoms with Crippen LogP contribution in [-0.2, 0) is 15.9 Å². The minimum Gasteiger partial charge on any atom is -0.443 e. The second-order valence-corrected chi connectivity index (χ2v) is 8.18. The number of morpholine rings is 1. The van der Waals surface area contributed by atoms with Crippen molar-refractivity contribution in [3.05, 3.63) is 29.6 Å². The highest BCUT2D eigenvalue weighted by atomic mass is 16.6. The van der Waals surface area contributed by atoms with Gasteiger partial charge in [-0.1, -0.05) is 0 Å². The Labute approximate surface area is 165 Å². The lowest BCUT2D eigenvalue weighted by Crippen LogP contribution is -2.37. The molecule has 0 N–H and O–H groups in total. The highest BCUT2D eigenvalue weighted by Crippen LogP contribution is 2.37. The maximum atomic E-state index is 12.8. The first-order valence-electron chi connectivity index (χ1n) is 9.71. The first-order chi connectivity index (χ1) is 13.3. The van der Waals surface area contributed by atoms with Crippen LogP contribution >= 0.6 is 0 Å². The number of ether oxygens (including phenoxy) is 2. The molecule has 2 aromatic heterocycles. The van der Waals surface area contributed by atoms with Crippen LogP contribution in [0, 0.1) is 6.92 Å². The number of nitrogens with zero attached hydrogens (tertiary/aromatic N) is 5. The van der Waals surface area contributed by atoms with Crippen LogP contribution < -0.4 is 9.80 Å². The Morgan fingerprint density at radius 3 is 2.61 bits per heavy atom. The van der Waals surface area contributed by atoms with Gasteiger partial charge in [0.1, 0.15) is 11.4 Å². The molecular formula is C20H27N5O3. The van der Waals surface area contributed by atoms with Gasteiger partial charge in [0.15, 0.2) is 5.82 Å². The predicted molar refractivity (Wildman–Crippen MR) is 106 cm³/mol. The number of fused-ring (bicyclic) bond motifs is 1. The van der Waals surface area contributed by atoms with Crippen molar-refractivity contribution < 1.29 is 14.3 Å². The van der Waals surface area contributed by atoms with Gasteiger partial charge in [-0.05, 0) is 40.2 Å². The molecule has 8 nitrogen and oxygen atoms in total. The number of carbonyl (C=O) groups excluding carboxylic acids is 1. The van der Waals surface area contributed by atoms with E-state index in [9.17, 15) is 4.79 Å². The summed E-state index contributed by atoms with van der Waals surface area (Å²) in [4.78, 5) is 21.7. The first kappa shape index (κ1) is 18.7. The SMILES string of the molecule is Cc1ccn(-c2cc3c(c(N4CCOCC4)n2)CCN3C(=O)OC(C)(C)C)n1. The van der Waals surface area contributed by atoms with Crippen LogP contribution in [0.4, 0.5) is 16.3 Å². The van der Waals surface area contributed by atoms with E-state index in [4.69, 9.17) is 14.5 Å². The van der Waals surface area contributed by atoms with Crippen molar-refractivity contribution in [3.8, 4) is 5.82 Å². The van der Waals surface area contributed by atoms with Gasteiger partial charge in [-0.2, -0.15) is 5.10 Å². The maximum absolute atomic E-state index is 12.8. The third-order valence-corrected chi connectivity index (χ3v) is 4.82. The second-order valence-electron chi connectivity index (χ2n) is 8.18. The predicted octanol–water partition coefficient (Wildman–Crippen LogP) is 2.71. The van der Waals surface area contributed by atoms with Gasteiger partial charge in [0, 0.05) is 37.5 Å². The summed E-state index contributed by atoms with van der Waals surface area (Å²) in [5, 5.41) is 4.50. The standard InChI is InChI=1S/C20H27N5O3/c1-14-5-8-25(22-14)17-13-16-15(18(21-17)23-9-11-27-12-10-23)6-7-24(16)19(26)28-20(2,3)4/h5,8,13H,6-7,9-12H2,1-4H3.